The molecule has 0 fully saturated rings. The molecule has 0 aromatic carbocycles. The number of aryl methyl sites for hydroxylation is 2. The van der Waals surface area contributed by atoms with E-state index in [1.54, 1.807) is 17.0 Å². The fraction of sp³-hybridized carbons (Fsp3) is 0.421. The number of rotatable bonds is 5. The molecule has 2 heterocycles. The van der Waals surface area contributed by atoms with E-state index in [2.05, 4.69) is 10.4 Å². The average Bonchev–Trinajstić information content (AvgIpc) is 3.15. The SMILES string of the molecule is CC(C)OC(=O)c1c(NC(=O)C=Cc2cnn(C)c2)sc2c1CCCC2. The predicted molar refractivity (Wildman–Crippen MR) is 102 cm³/mol. The lowest BCUT2D eigenvalue weighted by Crippen LogP contribution is -2.17. The van der Waals surface area contributed by atoms with Crippen molar-refractivity contribution in [2.75, 3.05) is 5.32 Å². The summed E-state index contributed by atoms with van der Waals surface area (Å²) in [7, 11) is 1.82. The second-order valence-corrected chi connectivity index (χ2v) is 7.74. The number of amides is 1. The Balaban J connectivity index is 1.82. The Bertz CT molecular complexity index is 848. The maximum atomic E-state index is 12.6. The van der Waals surface area contributed by atoms with E-state index in [9.17, 15) is 9.59 Å². The van der Waals surface area contributed by atoms with Crippen LogP contribution in [-0.4, -0.2) is 27.8 Å². The second-order valence-electron chi connectivity index (χ2n) is 6.64. The summed E-state index contributed by atoms with van der Waals surface area (Å²) in [5.74, 6) is -0.628. The molecule has 2 aromatic heterocycles. The highest BCUT2D eigenvalue weighted by Gasteiger charge is 2.27. The maximum Gasteiger partial charge on any atom is 0.341 e. The Labute approximate surface area is 156 Å². The highest BCUT2D eigenvalue weighted by Crippen LogP contribution is 2.38. The largest absolute Gasteiger partial charge is 0.459 e. The first-order valence-corrected chi connectivity index (χ1v) is 9.59. The second kappa shape index (κ2) is 7.86. The lowest BCUT2D eigenvalue weighted by molar-refractivity contribution is -0.111. The van der Waals surface area contributed by atoms with Crippen molar-refractivity contribution in [2.45, 2.75) is 45.6 Å². The van der Waals surface area contributed by atoms with Gasteiger partial charge in [0, 0.05) is 29.8 Å². The summed E-state index contributed by atoms with van der Waals surface area (Å²) in [6.45, 7) is 3.65. The van der Waals surface area contributed by atoms with Gasteiger partial charge in [-0.2, -0.15) is 5.10 Å². The van der Waals surface area contributed by atoms with Gasteiger partial charge in [-0.25, -0.2) is 4.79 Å². The minimum absolute atomic E-state index is 0.198. The van der Waals surface area contributed by atoms with Gasteiger partial charge < -0.3 is 10.1 Å². The standard InChI is InChI=1S/C19H23N3O3S/c1-12(2)25-19(24)17-14-6-4-5-7-15(14)26-18(17)21-16(23)9-8-13-10-20-22(3)11-13/h8-12H,4-7H2,1-3H3,(H,21,23). The molecular weight excluding hydrogens is 350 g/mol. The molecule has 7 heteroatoms. The predicted octanol–water partition coefficient (Wildman–Crippen LogP) is 3.58. The van der Waals surface area contributed by atoms with Crippen LogP contribution in [0.4, 0.5) is 5.00 Å². The summed E-state index contributed by atoms with van der Waals surface area (Å²) in [4.78, 5) is 26.1. The van der Waals surface area contributed by atoms with Gasteiger partial charge in [0.05, 0.1) is 17.9 Å². The van der Waals surface area contributed by atoms with Crippen LogP contribution in [0.15, 0.2) is 18.5 Å². The molecule has 0 saturated heterocycles. The number of fused-ring (bicyclic) bond motifs is 1. The number of carbonyl (C=O) groups excluding carboxylic acids is 2. The lowest BCUT2D eigenvalue weighted by atomic mass is 9.95. The quantitative estimate of drug-likeness (QED) is 0.642. The summed E-state index contributed by atoms with van der Waals surface area (Å²) < 4.78 is 7.07. The van der Waals surface area contributed by atoms with Crippen molar-refractivity contribution in [3.05, 3.63) is 40.0 Å². The molecule has 1 amide bonds. The monoisotopic (exact) mass is 373 g/mol. The van der Waals surface area contributed by atoms with Crippen molar-refractivity contribution < 1.29 is 14.3 Å². The van der Waals surface area contributed by atoms with Crippen molar-refractivity contribution in [3.63, 3.8) is 0 Å². The first-order valence-electron chi connectivity index (χ1n) is 8.77. The van der Waals surface area contributed by atoms with Gasteiger partial charge in [0.15, 0.2) is 0 Å². The zero-order valence-corrected chi connectivity index (χ0v) is 16.1. The van der Waals surface area contributed by atoms with Crippen LogP contribution in [0, 0.1) is 0 Å². The number of hydrogen-bond acceptors (Lipinski definition) is 5. The normalized spacial score (nSPS) is 13.8. The highest BCUT2D eigenvalue weighted by atomic mass is 32.1. The molecule has 1 N–H and O–H groups in total. The number of nitrogens with zero attached hydrogens (tertiary/aromatic N) is 2. The third-order valence-electron chi connectivity index (χ3n) is 4.11. The van der Waals surface area contributed by atoms with Crippen molar-refractivity contribution in [1.29, 1.82) is 0 Å². The molecule has 138 valence electrons. The molecule has 26 heavy (non-hydrogen) atoms. The van der Waals surface area contributed by atoms with Crippen LogP contribution >= 0.6 is 11.3 Å². The molecule has 6 nitrogen and oxygen atoms in total. The van der Waals surface area contributed by atoms with Gasteiger partial charge in [0.25, 0.3) is 0 Å². The van der Waals surface area contributed by atoms with Gasteiger partial charge in [-0.3, -0.25) is 9.48 Å². The number of anilines is 1. The summed E-state index contributed by atoms with van der Waals surface area (Å²) in [6, 6.07) is 0. The van der Waals surface area contributed by atoms with E-state index in [0.717, 1.165) is 36.8 Å². The number of thiophene rings is 1. The van der Waals surface area contributed by atoms with E-state index in [4.69, 9.17) is 4.74 Å². The molecule has 0 bridgehead atoms. The molecular formula is C19H23N3O3S. The van der Waals surface area contributed by atoms with E-state index >= 15 is 0 Å². The van der Waals surface area contributed by atoms with Gasteiger partial charge in [0.1, 0.15) is 5.00 Å². The first kappa shape index (κ1) is 18.4. The fourth-order valence-electron chi connectivity index (χ4n) is 2.99. The summed E-state index contributed by atoms with van der Waals surface area (Å²) >= 11 is 1.49. The number of carbonyl (C=O) groups is 2. The summed E-state index contributed by atoms with van der Waals surface area (Å²) in [6.07, 6.45) is 10.4. The van der Waals surface area contributed by atoms with Crippen LogP contribution in [0.25, 0.3) is 6.08 Å². The zero-order chi connectivity index (χ0) is 18.7. The number of esters is 1. The molecule has 2 aromatic rings. The van der Waals surface area contributed by atoms with E-state index in [1.165, 1.54) is 22.3 Å². The smallest absolute Gasteiger partial charge is 0.341 e. The molecule has 3 rings (SSSR count). The molecule has 0 unspecified atom stereocenters. The Hall–Kier alpha value is -2.41. The molecule has 0 saturated carbocycles. The van der Waals surface area contributed by atoms with Crippen LogP contribution < -0.4 is 5.32 Å². The van der Waals surface area contributed by atoms with Crippen LogP contribution in [0.1, 0.15) is 53.1 Å². The summed E-state index contributed by atoms with van der Waals surface area (Å²) in [5, 5.41) is 7.51. The molecule has 1 aliphatic rings. The maximum absolute atomic E-state index is 12.6. The van der Waals surface area contributed by atoms with E-state index in [0.29, 0.717) is 10.6 Å². The molecule has 0 aliphatic heterocycles. The van der Waals surface area contributed by atoms with Gasteiger partial charge in [-0.1, -0.05) is 0 Å². The number of nitrogens with one attached hydrogen (secondary N) is 1. The Kier molecular flexibility index (Phi) is 5.56. The van der Waals surface area contributed by atoms with Crippen molar-refractivity contribution in [3.8, 4) is 0 Å². The number of hydrogen-bond donors (Lipinski definition) is 1. The Morgan fingerprint density at radius 1 is 1.35 bits per heavy atom. The van der Waals surface area contributed by atoms with Gasteiger partial charge in [0.2, 0.25) is 5.91 Å². The molecule has 1 aliphatic carbocycles. The Morgan fingerprint density at radius 3 is 2.81 bits per heavy atom. The van der Waals surface area contributed by atoms with Gasteiger partial charge >= 0.3 is 5.97 Å². The topological polar surface area (TPSA) is 73.2 Å². The fourth-order valence-corrected chi connectivity index (χ4v) is 4.27. The van der Waals surface area contributed by atoms with E-state index in [1.807, 2.05) is 27.1 Å². The third-order valence-corrected chi connectivity index (χ3v) is 5.31. The minimum Gasteiger partial charge on any atom is -0.459 e. The number of ether oxygens (including phenoxy) is 1. The van der Waals surface area contributed by atoms with Crippen LogP contribution in [0.5, 0.6) is 0 Å². The van der Waals surface area contributed by atoms with Crippen molar-refractivity contribution >= 4 is 34.3 Å². The molecule has 0 atom stereocenters. The third kappa shape index (κ3) is 4.22. The van der Waals surface area contributed by atoms with Crippen molar-refractivity contribution in [1.82, 2.24) is 9.78 Å². The molecule has 0 radical (unpaired) electrons. The first-order chi connectivity index (χ1) is 12.4. The van der Waals surface area contributed by atoms with E-state index in [-0.39, 0.29) is 18.0 Å². The van der Waals surface area contributed by atoms with Crippen LogP contribution in [0.2, 0.25) is 0 Å². The van der Waals surface area contributed by atoms with Gasteiger partial charge in [-0.15, -0.1) is 11.3 Å². The van der Waals surface area contributed by atoms with E-state index < -0.39 is 0 Å². The van der Waals surface area contributed by atoms with Crippen LogP contribution in [-0.2, 0) is 29.4 Å². The number of aromatic nitrogens is 2. The zero-order valence-electron chi connectivity index (χ0n) is 15.2. The average molecular weight is 373 g/mol. The molecule has 0 spiro atoms. The highest BCUT2D eigenvalue weighted by molar-refractivity contribution is 7.17. The minimum atomic E-state index is -0.356. The van der Waals surface area contributed by atoms with Crippen LogP contribution in [0.3, 0.4) is 0 Å². The lowest BCUT2D eigenvalue weighted by Gasteiger charge is -2.14. The summed E-state index contributed by atoms with van der Waals surface area (Å²) in [5.41, 5.74) is 2.41. The Morgan fingerprint density at radius 2 is 2.12 bits per heavy atom. The van der Waals surface area contributed by atoms with Crippen molar-refractivity contribution in [2.24, 2.45) is 7.05 Å². The van der Waals surface area contributed by atoms with Gasteiger partial charge in [-0.05, 0) is 51.2 Å².